The second-order valence-corrected chi connectivity index (χ2v) is 6.93. The summed E-state index contributed by atoms with van der Waals surface area (Å²) in [6.45, 7) is 8.55. The third-order valence-electron chi connectivity index (χ3n) is 3.92. The Balaban J connectivity index is 2.23. The molecule has 3 heteroatoms. The molecule has 0 atom stereocenters. The molecule has 2 aromatic rings. The molecule has 2 aromatic carbocycles. The first-order valence-corrected chi connectivity index (χ1v) is 8.63. The summed E-state index contributed by atoms with van der Waals surface area (Å²) in [7, 11) is 0. The van der Waals surface area contributed by atoms with Crippen LogP contribution in [-0.2, 0) is 4.79 Å². The minimum Gasteiger partial charge on any atom is -0.322 e. The second-order valence-electron chi connectivity index (χ2n) is 6.50. The summed E-state index contributed by atoms with van der Waals surface area (Å²) in [5.41, 5.74) is 4.20. The standard InChI is InChI=1S/C21H24ClNO/c1-14(2)18-6-5-7-19(15(3)4)21(18)23-20(24)13-10-16-8-11-17(22)12-9-16/h5-15H,1-4H3,(H,23,24)/b13-10+. The van der Waals surface area contributed by atoms with E-state index in [1.165, 1.54) is 0 Å². The molecule has 0 bridgehead atoms. The van der Waals surface area contributed by atoms with E-state index in [9.17, 15) is 4.79 Å². The number of hydrogen-bond acceptors (Lipinski definition) is 1. The number of halogens is 1. The van der Waals surface area contributed by atoms with Crippen molar-refractivity contribution in [2.75, 3.05) is 5.32 Å². The molecule has 0 heterocycles. The average Bonchev–Trinajstić information content (AvgIpc) is 2.54. The molecule has 0 radical (unpaired) electrons. The van der Waals surface area contributed by atoms with Crippen LogP contribution in [0.25, 0.3) is 6.08 Å². The first-order chi connectivity index (χ1) is 11.4. The lowest BCUT2D eigenvalue weighted by molar-refractivity contribution is -0.111. The van der Waals surface area contributed by atoms with Crippen molar-refractivity contribution in [3.05, 3.63) is 70.3 Å². The maximum absolute atomic E-state index is 12.4. The van der Waals surface area contributed by atoms with E-state index in [1.807, 2.05) is 24.3 Å². The van der Waals surface area contributed by atoms with Gasteiger partial charge >= 0.3 is 0 Å². The molecule has 0 fully saturated rings. The van der Waals surface area contributed by atoms with Crippen molar-refractivity contribution in [2.45, 2.75) is 39.5 Å². The van der Waals surface area contributed by atoms with Crippen molar-refractivity contribution < 1.29 is 4.79 Å². The van der Waals surface area contributed by atoms with Crippen LogP contribution in [0.2, 0.25) is 5.02 Å². The largest absolute Gasteiger partial charge is 0.322 e. The summed E-state index contributed by atoms with van der Waals surface area (Å²) < 4.78 is 0. The molecule has 1 N–H and O–H groups in total. The quantitative estimate of drug-likeness (QED) is 0.641. The molecule has 24 heavy (non-hydrogen) atoms. The Labute approximate surface area is 149 Å². The number of nitrogens with one attached hydrogen (secondary N) is 1. The molecule has 0 aliphatic rings. The Hall–Kier alpha value is -2.06. The van der Waals surface area contributed by atoms with E-state index in [0.717, 1.165) is 22.4 Å². The lowest BCUT2D eigenvalue weighted by Gasteiger charge is -2.19. The molecule has 0 saturated carbocycles. The highest BCUT2D eigenvalue weighted by atomic mass is 35.5. The Bertz CT molecular complexity index is 704. The predicted octanol–water partition coefficient (Wildman–Crippen LogP) is 6.24. The highest BCUT2D eigenvalue weighted by Gasteiger charge is 2.14. The van der Waals surface area contributed by atoms with Crippen LogP contribution in [0.1, 0.15) is 56.2 Å². The minimum absolute atomic E-state index is 0.125. The molecule has 0 aliphatic heterocycles. The van der Waals surface area contributed by atoms with Gasteiger partial charge in [0.15, 0.2) is 0 Å². The maximum atomic E-state index is 12.4. The summed E-state index contributed by atoms with van der Waals surface area (Å²) in [5, 5.41) is 3.76. The van der Waals surface area contributed by atoms with E-state index in [4.69, 9.17) is 11.6 Å². The Morgan fingerprint density at radius 2 is 1.50 bits per heavy atom. The highest BCUT2D eigenvalue weighted by molar-refractivity contribution is 6.30. The molecule has 0 unspecified atom stereocenters. The monoisotopic (exact) mass is 341 g/mol. The van der Waals surface area contributed by atoms with Gasteiger partial charge in [-0.2, -0.15) is 0 Å². The van der Waals surface area contributed by atoms with Gasteiger partial charge < -0.3 is 5.32 Å². The maximum Gasteiger partial charge on any atom is 0.248 e. The summed E-state index contributed by atoms with van der Waals surface area (Å²) in [4.78, 5) is 12.4. The number of carbonyl (C=O) groups excluding carboxylic acids is 1. The zero-order chi connectivity index (χ0) is 17.7. The molecule has 0 aromatic heterocycles. The SMILES string of the molecule is CC(C)c1cccc(C(C)C)c1NC(=O)/C=C/c1ccc(Cl)cc1. The lowest BCUT2D eigenvalue weighted by Crippen LogP contribution is -2.13. The van der Waals surface area contributed by atoms with Crippen LogP contribution in [0.3, 0.4) is 0 Å². The normalized spacial score (nSPS) is 11.5. The smallest absolute Gasteiger partial charge is 0.248 e. The fourth-order valence-corrected chi connectivity index (χ4v) is 2.73. The van der Waals surface area contributed by atoms with Gasteiger partial charge in [-0.25, -0.2) is 0 Å². The van der Waals surface area contributed by atoms with E-state index in [0.29, 0.717) is 16.9 Å². The van der Waals surface area contributed by atoms with Gasteiger partial charge in [-0.15, -0.1) is 0 Å². The number of carbonyl (C=O) groups is 1. The summed E-state index contributed by atoms with van der Waals surface area (Å²) >= 11 is 5.87. The van der Waals surface area contributed by atoms with E-state index in [1.54, 1.807) is 12.2 Å². The van der Waals surface area contributed by atoms with Gasteiger partial charge in [-0.1, -0.05) is 69.6 Å². The van der Waals surface area contributed by atoms with Crippen molar-refractivity contribution in [2.24, 2.45) is 0 Å². The molecular formula is C21H24ClNO. The number of amides is 1. The van der Waals surface area contributed by atoms with Gasteiger partial charge in [0.25, 0.3) is 0 Å². The average molecular weight is 342 g/mol. The van der Waals surface area contributed by atoms with Gasteiger partial charge in [0.2, 0.25) is 5.91 Å². The van der Waals surface area contributed by atoms with Gasteiger partial charge in [-0.05, 0) is 46.7 Å². The second kappa shape index (κ2) is 8.16. The van der Waals surface area contributed by atoms with Crippen LogP contribution in [0.4, 0.5) is 5.69 Å². The van der Waals surface area contributed by atoms with Crippen LogP contribution < -0.4 is 5.32 Å². The topological polar surface area (TPSA) is 29.1 Å². The van der Waals surface area contributed by atoms with Crippen molar-refractivity contribution >= 4 is 29.3 Å². The summed E-state index contributed by atoms with van der Waals surface area (Å²) in [6.07, 6.45) is 3.35. The third kappa shape index (κ3) is 4.72. The molecule has 0 spiro atoms. The van der Waals surface area contributed by atoms with Gasteiger partial charge in [0, 0.05) is 16.8 Å². The van der Waals surface area contributed by atoms with E-state index < -0.39 is 0 Å². The molecule has 0 aliphatic carbocycles. The molecule has 0 saturated heterocycles. The van der Waals surface area contributed by atoms with Gasteiger partial charge in [0.05, 0.1) is 0 Å². The van der Waals surface area contributed by atoms with Crippen LogP contribution in [0, 0.1) is 0 Å². The third-order valence-corrected chi connectivity index (χ3v) is 4.17. The summed E-state index contributed by atoms with van der Waals surface area (Å²) in [6, 6.07) is 13.6. The zero-order valence-electron chi connectivity index (χ0n) is 14.6. The fraction of sp³-hybridized carbons (Fsp3) is 0.286. The number of benzene rings is 2. The molecule has 2 nitrogen and oxygen atoms in total. The number of anilines is 1. The van der Waals surface area contributed by atoms with Gasteiger partial charge in [0.1, 0.15) is 0 Å². The van der Waals surface area contributed by atoms with Crippen LogP contribution >= 0.6 is 11.6 Å². The number of rotatable bonds is 5. The fourth-order valence-electron chi connectivity index (χ4n) is 2.61. The number of hydrogen-bond donors (Lipinski definition) is 1. The predicted molar refractivity (Wildman–Crippen MR) is 104 cm³/mol. The van der Waals surface area contributed by atoms with Crippen molar-refractivity contribution in [1.29, 1.82) is 0 Å². The molecule has 1 amide bonds. The van der Waals surface area contributed by atoms with E-state index in [2.05, 4.69) is 51.2 Å². The van der Waals surface area contributed by atoms with Crippen LogP contribution in [0.15, 0.2) is 48.5 Å². The first-order valence-electron chi connectivity index (χ1n) is 8.26. The van der Waals surface area contributed by atoms with Crippen LogP contribution in [0.5, 0.6) is 0 Å². The summed E-state index contributed by atoms with van der Waals surface area (Å²) in [5.74, 6) is 0.568. The Morgan fingerprint density at radius 1 is 0.958 bits per heavy atom. The minimum atomic E-state index is -0.125. The van der Waals surface area contributed by atoms with Gasteiger partial charge in [-0.3, -0.25) is 4.79 Å². The Kier molecular flexibility index (Phi) is 6.22. The first kappa shape index (κ1) is 18.3. The van der Waals surface area contributed by atoms with Crippen molar-refractivity contribution in [3.63, 3.8) is 0 Å². The molecule has 2 rings (SSSR count). The zero-order valence-corrected chi connectivity index (χ0v) is 15.4. The van der Waals surface area contributed by atoms with Crippen molar-refractivity contribution in [3.8, 4) is 0 Å². The van der Waals surface area contributed by atoms with E-state index >= 15 is 0 Å². The highest BCUT2D eigenvalue weighted by Crippen LogP contribution is 2.32. The van der Waals surface area contributed by atoms with Crippen molar-refractivity contribution in [1.82, 2.24) is 0 Å². The van der Waals surface area contributed by atoms with Crippen LogP contribution in [-0.4, -0.2) is 5.91 Å². The number of para-hydroxylation sites is 1. The molecular weight excluding hydrogens is 318 g/mol. The molecule has 126 valence electrons. The Morgan fingerprint density at radius 3 is 2.00 bits per heavy atom. The van der Waals surface area contributed by atoms with E-state index in [-0.39, 0.29) is 5.91 Å². The lowest BCUT2D eigenvalue weighted by atomic mass is 9.92.